The van der Waals surface area contributed by atoms with Gasteiger partial charge in [0, 0.05) is 40.1 Å². The van der Waals surface area contributed by atoms with Crippen molar-refractivity contribution in [1.82, 2.24) is 5.32 Å². The summed E-state index contributed by atoms with van der Waals surface area (Å²) in [5, 5.41) is 4.24. The lowest BCUT2D eigenvalue weighted by atomic mass is 10.3. The van der Waals surface area contributed by atoms with E-state index in [-0.39, 0.29) is 0 Å². The summed E-state index contributed by atoms with van der Waals surface area (Å²) in [4.78, 5) is 0. The summed E-state index contributed by atoms with van der Waals surface area (Å²) in [6.07, 6.45) is 0. The quantitative estimate of drug-likeness (QED) is 0.797. The monoisotopic (exact) mass is 347 g/mol. The van der Waals surface area contributed by atoms with Gasteiger partial charge in [-0.3, -0.25) is 0 Å². The molecule has 1 atom stereocenters. The van der Waals surface area contributed by atoms with Crippen LogP contribution in [-0.2, 0) is 0 Å². The molecule has 1 aliphatic rings. The summed E-state index contributed by atoms with van der Waals surface area (Å²) in [5.41, 5.74) is 0. The lowest BCUT2D eigenvalue weighted by Gasteiger charge is -2.21. The molecule has 100 valence electrons. The zero-order valence-electron chi connectivity index (χ0n) is 10.2. The van der Waals surface area contributed by atoms with E-state index < -0.39 is 0 Å². The molecule has 1 aromatic rings. The van der Waals surface area contributed by atoms with Crippen LogP contribution in [0.2, 0.25) is 0 Å². The smallest absolute Gasteiger partial charge is 0.120 e. The molecule has 1 fully saturated rings. The molecule has 2 rings (SSSR count). The Morgan fingerprint density at radius 3 is 3.11 bits per heavy atom. The lowest BCUT2D eigenvalue weighted by molar-refractivity contribution is 0.314. The topological polar surface area (TPSA) is 21.3 Å². The molecule has 0 aromatic heterocycles. The first-order chi connectivity index (χ1) is 8.84. The number of thioether (sulfide) groups is 2. The molecule has 0 spiro atoms. The molecule has 0 radical (unpaired) electrons. The second-order valence-corrected chi connectivity index (χ2v) is 7.55. The Morgan fingerprint density at radius 2 is 2.33 bits per heavy atom. The second-order valence-electron chi connectivity index (χ2n) is 4.08. The van der Waals surface area contributed by atoms with Crippen molar-refractivity contribution in [2.24, 2.45) is 0 Å². The highest BCUT2D eigenvalue weighted by Crippen LogP contribution is 2.23. The van der Waals surface area contributed by atoms with Crippen molar-refractivity contribution in [1.29, 1.82) is 0 Å². The Bertz CT molecular complexity index is 359. The van der Waals surface area contributed by atoms with Crippen LogP contribution in [0.25, 0.3) is 0 Å². The molecule has 1 heterocycles. The van der Waals surface area contributed by atoms with E-state index in [4.69, 9.17) is 4.74 Å². The largest absolute Gasteiger partial charge is 0.492 e. The summed E-state index contributed by atoms with van der Waals surface area (Å²) in [7, 11) is 0. The molecule has 1 saturated heterocycles. The fraction of sp³-hybridized carbons (Fsp3) is 0.538. The summed E-state index contributed by atoms with van der Waals surface area (Å²) in [6, 6.07) is 7.97. The molecule has 0 aliphatic carbocycles. The van der Waals surface area contributed by atoms with Crippen LogP contribution in [0.5, 0.6) is 5.75 Å². The number of hydrogen-bond acceptors (Lipinski definition) is 4. The molecule has 0 saturated carbocycles. The third-order valence-corrected chi connectivity index (χ3v) is 5.94. The van der Waals surface area contributed by atoms with Gasteiger partial charge in [0.15, 0.2) is 0 Å². The van der Waals surface area contributed by atoms with Gasteiger partial charge in [-0.1, -0.05) is 22.0 Å². The normalized spacial score (nSPS) is 19.7. The molecule has 1 unspecified atom stereocenters. The lowest BCUT2D eigenvalue weighted by Crippen LogP contribution is -2.31. The summed E-state index contributed by atoms with van der Waals surface area (Å²) >= 11 is 7.59. The summed E-state index contributed by atoms with van der Waals surface area (Å²) in [6.45, 7) is 2.73. The van der Waals surface area contributed by atoms with Crippen LogP contribution in [-0.4, -0.2) is 42.2 Å². The SMILES string of the molecule is Brc1cccc(OCCNCC2CSCCS2)c1. The van der Waals surface area contributed by atoms with Gasteiger partial charge in [-0.25, -0.2) is 0 Å². The number of nitrogens with one attached hydrogen (secondary N) is 1. The molecule has 1 N–H and O–H groups in total. The molecule has 1 aliphatic heterocycles. The Labute approximate surface area is 126 Å². The van der Waals surface area contributed by atoms with Gasteiger partial charge < -0.3 is 10.1 Å². The minimum absolute atomic E-state index is 0.723. The van der Waals surface area contributed by atoms with Crippen LogP contribution in [0.3, 0.4) is 0 Å². The Morgan fingerprint density at radius 1 is 1.39 bits per heavy atom. The Balaban J connectivity index is 1.55. The van der Waals surface area contributed by atoms with Gasteiger partial charge in [-0.05, 0) is 18.2 Å². The van der Waals surface area contributed by atoms with E-state index in [2.05, 4.69) is 44.8 Å². The standard InChI is InChI=1S/C13H18BrNOS2/c14-11-2-1-3-12(8-11)16-5-4-15-9-13-10-17-6-7-18-13/h1-3,8,13,15H,4-7,9-10H2. The first-order valence-electron chi connectivity index (χ1n) is 6.13. The van der Waals surface area contributed by atoms with Crippen molar-refractivity contribution in [2.45, 2.75) is 5.25 Å². The van der Waals surface area contributed by atoms with Gasteiger partial charge in [0.1, 0.15) is 12.4 Å². The number of rotatable bonds is 6. The third-order valence-electron chi connectivity index (χ3n) is 2.60. The fourth-order valence-electron chi connectivity index (χ4n) is 1.72. The van der Waals surface area contributed by atoms with E-state index in [1.165, 1.54) is 17.3 Å². The van der Waals surface area contributed by atoms with Crippen molar-refractivity contribution >= 4 is 39.5 Å². The van der Waals surface area contributed by atoms with Gasteiger partial charge in [0.2, 0.25) is 0 Å². The van der Waals surface area contributed by atoms with Crippen LogP contribution in [0, 0.1) is 0 Å². The molecule has 18 heavy (non-hydrogen) atoms. The van der Waals surface area contributed by atoms with Gasteiger partial charge in [-0.15, -0.1) is 0 Å². The average molecular weight is 348 g/mol. The highest BCUT2D eigenvalue weighted by atomic mass is 79.9. The molecule has 0 bridgehead atoms. The summed E-state index contributed by atoms with van der Waals surface area (Å²) < 4.78 is 6.73. The Kier molecular flexibility index (Phi) is 6.76. The highest BCUT2D eigenvalue weighted by molar-refractivity contribution is 9.10. The maximum atomic E-state index is 5.67. The van der Waals surface area contributed by atoms with Crippen molar-refractivity contribution in [3.63, 3.8) is 0 Å². The van der Waals surface area contributed by atoms with E-state index in [0.29, 0.717) is 0 Å². The average Bonchev–Trinajstić information content (AvgIpc) is 2.40. The van der Waals surface area contributed by atoms with E-state index in [9.17, 15) is 0 Å². The first-order valence-corrected chi connectivity index (χ1v) is 9.12. The predicted molar refractivity (Wildman–Crippen MR) is 86.1 cm³/mol. The van der Waals surface area contributed by atoms with Crippen molar-refractivity contribution in [3.8, 4) is 5.75 Å². The zero-order valence-corrected chi connectivity index (χ0v) is 13.5. The molecular formula is C13H18BrNOS2. The fourth-order valence-corrected chi connectivity index (χ4v) is 4.74. The number of hydrogen-bond donors (Lipinski definition) is 1. The van der Waals surface area contributed by atoms with Crippen LogP contribution >= 0.6 is 39.5 Å². The van der Waals surface area contributed by atoms with Gasteiger partial charge in [0.05, 0.1) is 0 Å². The predicted octanol–water partition coefficient (Wildman–Crippen LogP) is 3.27. The zero-order chi connectivity index (χ0) is 12.6. The van der Waals surface area contributed by atoms with Gasteiger partial charge >= 0.3 is 0 Å². The maximum Gasteiger partial charge on any atom is 0.120 e. The minimum atomic E-state index is 0.723. The first kappa shape index (κ1) is 14.6. The maximum absolute atomic E-state index is 5.67. The van der Waals surface area contributed by atoms with Crippen LogP contribution < -0.4 is 10.1 Å². The van der Waals surface area contributed by atoms with Gasteiger partial charge in [0.25, 0.3) is 0 Å². The van der Waals surface area contributed by atoms with E-state index in [1.807, 2.05) is 24.3 Å². The van der Waals surface area contributed by atoms with Crippen molar-refractivity contribution < 1.29 is 4.74 Å². The van der Waals surface area contributed by atoms with E-state index >= 15 is 0 Å². The minimum Gasteiger partial charge on any atom is -0.492 e. The molecule has 2 nitrogen and oxygen atoms in total. The number of halogens is 1. The van der Waals surface area contributed by atoms with Crippen molar-refractivity contribution in [3.05, 3.63) is 28.7 Å². The van der Waals surface area contributed by atoms with Crippen LogP contribution in [0.4, 0.5) is 0 Å². The van der Waals surface area contributed by atoms with E-state index in [0.717, 1.165) is 35.2 Å². The Hall–Kier alpha value is 0.160. The molecule has 1 aromatic carbocycles. The van der Waals surface area contributed by atoms with Crippen LogP contribution in [0.15, 0.2) is 28.7 Å². The molecular weight excluding hydrogens is 330 g/mol. The van der Waals surface area contributed by atoms with Crippen molar-refractivity contribution in [2.75, 3.05) is 37.0 Å². The highest BCUT2D eigenvalue weighted by Gasteiger charge is 2.13. The summed E-state index contributed by atoms with van der Waals surface area (Å²) in [5.74, 6) is 4.82. The van der Waals surface area contributed by atoms with E-state index in [1.54, 1.807) is 0 Å². The second kappa shape index (κ2) is 8.35. The third kappa shape index (κ3) is 5.43. The van der Waals surface area contributed by atoms with Crippen LogP contribution in [0.1, 0.15) is 0 Å². The van der Waals surface area contributed by atoms with Gasteiger partial charge in [-0.2, -0.15) is 23.5 Å². The number of ether oxygens (including phenoxy) is 1. The molecule has 5 heteroatoms. The molecule has 0 amide bonds. The number of benzene rings is 1.